The summed E-state index contributed by atoms with van der Waals surface area (Å²) in [6.45, 7) is 7.39. The third kappa shape index (κ3) is 3.99. The predicted molar refractivity (Wildman–Crippen MR) is 99.2 cm³/mol. The van der Waals surface area contributed by atoms with E-state index >= 15 is 0 Å². The number of rotatable bonds is 6. The van der Waals surface area contributed by atoms with Gasteiger partial charge in [-0.05, 0) is 44.0 Å². The molecule has 0 N–H and O–H groups in total. The van der Waals surface area contributed by atoms with E-state index in [1.165, 1.54) is 6.42 Å². The molecular formula is C20H28N2O5. The standard InChI is InChI=1S/C20H28N2O5/c1-15(9-16-3-4-17-18(10-16)27-14-26-17)21(2)19(23)25-8-7-22-6-5-20(11-22)12-24-13-20/h3-4,10,15H,5-9,11-14H2,1-2H3/t15-/m0/s1. The molecular weight excluding hydrogens is 348 g/mol. The quantitative estimate of drug-likeness (QED) is 0.758. The van der Waals surface area contributed by atoms with E-state index < -0.39 is 0 Å². The fraction of sp³-hybridized carbons (Fsp3) is 0.650. The molecule has 2 fully saturated rings. The maximum Gasteiger partial charge on any atom is 0.409 e. The van der Waals surface area contributed by atoms with Gasteiger partial charge >= 0.3 is 6.09 Å². The molecule has 7 nitrogen and oxygen atoms in total. The minimum Gasteiger partial charge on any atom is -0.454 e. The second-order valence-electron chi connectivity index (χ2n) is 7.98. The summed E-state index contributed by atoms with van der Waals surface area (Å²) < 4.78 is 21.6. The molecule has 0 aromatic heterocycles. The van der Waals surface area contributed by atoms with Crippen LogP contribution in [0.3, 0.4) is 0 Å². The van der Waals surface area contributed by atoms with E-state index in [-0.39, 0.29) is 18.9 Å². The first-order valence-corrected chi connectivity index (χ1v) is 9.63. The summed E-state index contributed by atoms with van der Waals surface area (Å²) in [4.78, 5) is 16.4. The van der Waals surface area contributed by atoms with Crippen LogP contribution in [0.15, 0.2) is 18.2 Å². The van der Waals surface area contributed by atoms with E-state index in [1.54, 1.807) is 11.9 Å². The first kappa shape index (κ1) is 18.4. The first-order chi connectivity index (χ1) is 13.0. The summed E-state index contributed by atoms with van der Waals surface area (Å²) >= 11 is 0. The number of nitrogens with zero attached hydrogens (tertiary/aromatic N) is 2. The monoisotopic (exact) mass is 376 g/mol. The van der Waals surface area contributed by atoms with Crippen molar-refractivity contribution in [3.8, 4) is 11.5 Å². The Bertz CT molecular complexity index is 691. The van der Waals surface area contributed by atoms with Gasteiger partial charge in [0.05, 0.1) is 13.2 Å². The average Bonchev–Trinajstić information content (AvgIpc) is 3.27. The Morgan fingerprint density at radius 3 is 2.89 bits per heavy atom. The van der Waals surface area contributed by atoms with Gasteiger partial charge in [-0.15, -0.1) is 0 Å². The van der Waals surface area contributed by atoms with Crippen LogP contribution in [-0.2, 0) is 15.9 Å². The van der Waals surface area contributed by atoms with Gasteiger partial charge in [0, 0.05) is 31.6 Å². The highest BCUT2D eigenvalue weighted by atomic mass is 16.7. The van der Waals surface area contributed by atoms with Crippen molar-refractivity contribution < 1.29 is 23.7 Å². The van der Waals surface area contributed by atoms with Crippen LogP contribution in [0.4, 0.5) is 4.79 Å². The molecule has 2 saturated heterocycles. The lowest BCUT2D eigenvalue weighted by Crippen LogP contribution is -2.45. The molecule has 0 bridgehead atoms. The number of hydrogen-bond donors (Lipinski definition) is 0. The zero-order valence-electron chi connectivity index (χ0n) is 16.1. The van der Waals surface area contributed by atoms with Gasteiger partial charge in [0.15, 0.2) is 11.5 Å². The number of hydrogen-bond acceptors (Lipinski definition) is 6. The summed E-state index contributed by atoms with van der Waals surface area (Å²) in [5, 5.41) is 0. The van der Waals surface area contributed by atoms with Crippen LogP contribution in [-0.4, -0.2) is 75.2 Å². The molecule has 3 heterocycles. The third-order valence-corrected chi connectivity index (χ3v) is 5.88. The van der Waals surface area contributed by atoms with Crippen LogP contribution < -0.4 is 9.47 Å². The van der Waals surface area contributed by atoms with Crippen molar-refractivity contribution in [3.63, 3.8) is 0 Å². The van der Waals surface area contributed by atoms with Crippen molar-refractivity contribution in [1.29, 1.82) is 0 Å². The van der Waals surface area contributed by atoms with E-state index in [9.17, 15) is 4.79 Å². The van der Waals surface area contributed by atoms with Crippen LogP contribution in [0.2, 0.25) is 0 Å². The zero-order chi connectivity index (χ0) is 18.9. The summed E-state index contributed by atoms with van der Waals surface area (Å²) in [5.74, 6) is 1.54. The molecule has 0 saturated carbocycles. The molecule has 27 heavy (non-hydrogen) atoms. The summed E-state index contributed by atoms with van der Waals surface area (Å²) in [6.07, 6.45) is 1.65. The van der Waals surface area contributed by atoms with E-state index in [0.717, 1.165) is 56.3 Å². The van der Waals surface area contributed by atoms with Crippen LogP contribution in [0.25, 0.3) is 0 Å². The van der Waals surface area contributed by atoms with Crippen molar-refractivity contribution in [2.45, 2.75) is 25.8 Å². The summed E-state index contributed by atoms with van der Waals surface area (Å²) in [7, 11) is 1.79. The molecule has 7 heteroatoms. The third-order valence-electron chi connectivity index (χ3n) is 5.88. The SMILES string of the molecule is C[C@@H](Cc1ccc2c(c1)OCO2)N(C)C(=O)OCCN1CCC2(COC2)C1. The number of carbonyl (C=O) groups excluding carboxylic acids is 1. The second-order valence-corrected chi connectivity index (χ2v) is 7.98. The molecule has 3 aliphatic rings. The van der Waals surface area contributed by atoms with Gasteiger partial charge < -0.3 is 23.8 Å². The molecule has 0 aliphatic carbocycles. The number of fused-ring (bicyclic) bond motifs is 1. The van der Waals surface area contributed by atoms with Crippen LogP contribution in [0.5, 0.6) is 11.5 Å². The van der Waals surface area contributed by atoms with Gasteiger partial charge in [-0.1, -0.05) is 6.07 Å². The van der Waals surface area contributed by atoms with Crippen molar-refractivity contribution in [2.24, 2.45) is 5.41 Å². The minimum atomic E-state index is -0.274. The van der Waals surface area contributed by atoms with E-state index in [4.69, 9.17) is 18.9 Å². The predicted octanol–water partition coefficient (Wildman–Crippen LogP) is 2.14. The molecule has 148 valence electrons. The van der Waals surface area contributed by atoms with Crippen LogP contribution in [0, 0.1) is 5.41 Å². The lowest BCUT2D eigenvalue weighted by molar-refractivity contribution is -0.105. The normalized spacial score (nSPS) is 21.1. The zero-order valence-corrected chi connectivity index (χ0v) is 16.1. The Hall–Kier alpha value is -1.99. The number of amides is 1. The Balaban J connectivity index is 1.20. The maximum absolute atomic E-state index is 12.4. The number of benzene rings is 1. The van der Waals surface area contributed by atoms with Crippen molar-refractivity contribution in [1.82, 2.24) is 9.80 Å². The van der Waals surface area contributed by atoms with Crippen LogP contribution in [0.1, 0.15) is 18.9 Å². The van der Waals surface area contributed by atoms with E-state index in [0.29, 0.717) is 12.0 Å². The smallest absolute Gasteiger partial charge is 0.409 e. The van der Waals surface area contributed by atoms with Crippen molar-refractivity contribution in [3.05, 3.63) is 23.8 Å². The molecule has 3 aliphatic heterocycles. The number of likely N-dealkylation sites (N-methyl/N-ethyl adjacent to an activating group) is 1. The van der Waals surface area contributed by atoms with Crippen molar-refractivity contribution in [2.75, 3.05) is 53.3 Å². The lowest BCUT2D eigenvalue weighted by atomic mass is 9.85. The molecule has 0 radical (unpaired) electrons. The lowest BCUT2D eigenvalue weighted by Gasteiger charge is -2.37. The topological polar surface area (TPSA) is 60.5 Å². The van der Waals surface area contributed by atoms with Gasteiger partial charge in [-0.25, -0.2) is 4.79 Å². The molecule has 1 amide bonds. The molecule has 0 unspecified atom stereocenters. The summed E-state index contributed by atoms with van der Waals surface area (Å²) in [6, 6.07) is 5.93. The highest BCUT2D eigenvalue weighted by molar-refractivity contribution is 5.67. The molecule has 1 aromatic carbocycles. The van der Waals surface area contributed by atoms with Gasteiger partial charge in [-0.3, -0.25) is 4.90 Å². The Labute approximate surface area is 160 Å². The maximum atomic E-state index is 12.4. The summed E-state index contributed by atoms with van der Waals surface area (Å²) in [5.41, 5.74) is 1.48. The van der Waals surface area contributed by atoms with Gasteiger partial charge in [0.25, 0.3) is 0 Å². The number of likely N-dealkylation sites (tertiary alicyclic amines) is 1. The van der Waals surface area contributed by atoms with Gasteiger partial charge in [-0.2, -0.15) is 0 Å². The second kappa shape index (κ2) is 7.56. The molecule has 1 spiro atoms. The largest absolute Gasteiger partial charge is 0.454 e. The van der Waals surface area contributed by atoms with E-state index in [1.807, 2.05) is 25.1 Å². The molecule has 1 atom stereocenters. The highest BCUT2D eigenvalue weighted by Gasteiger charge is 2.44. The minimum absolute atomic E-state index is 0.0278. The average molecular weight is 376 g/mol. The highest BCUT2D eigenvalue weighted by Crippen LogP contribution is 2.37. The molecule has 4 rings (SSSR count). The Morgan fingerprint density at radius 2 is 2.15 bits per heavy atom. The van der Waals surface area contributed by atoms with Gasteiger partial charge in [0.2, 0.25) is 6.79 Å². The van der Waals surface area contributed by atoms with Crippen LogP contribution >= 0.6 is 0 Å². The molecule has 1 aromatic rings. The Kier molecular flexibility index (Phi) is 5.14. The first-order valence-electron chi connectivity index (χ1n) is 9.63. The van der Waals surface area contributed by atoms with Gasteiger partial charge in [0.1, 0.15) is 6.61 Å². The Morgan fingerprint density at radius 1 is 1.33 bits per heavy atom. The number of carbonyl (C=O) groups is 1. The van der Waals surface area contributed by atoms with E-state index in [2.05, 4.69) is 4.90 Å². The fourth-order valence-electron chi connectivity index (χ4n) is 3.93. The fourth-order valence-corrected chi connectivity index (χ4v) is 3.93. The number of ether oxygens (including phenoxy) is 4. The van der Waals surface area contributed by atoms with Crippen molar-refractivity contribution >= 4 is 6.09 Å².